The van der Waals surface area contributed by atoms with E-state index in [0.717, 1.165) is 12.8 Å². The van der Waals surface area contributed by atoms with Crippen LogP contribution >= 0.6 is 0 Å². The second kappa shape index (κ2) is 9.86. The summed E-state index contributed by atoms with van der Waals surface area (Å²) in [5, 5.41) is 0. The van der Waals surface area contributed by atoms with E-state index in [9.17, 15) is 14.4 Å². The van der Waals surface area contributed by atoms with Gasteiger partial charge in [-0.2, -0.15) is 0 Å². The highest BCUT2D eigenvalue weighted by molar-refractivity contribution is 6.11. The molecule has 0 atom stereocenters. The summed E-state index contributed by atoms with van der Waals surface area (Å²) in [7, 11) is 0. The molecule has 1 aromatic heterocycles. The van der Waals surface area contributed by atoms with E-state index >= 15 is 0 Å². The van der Waals surface area contributed by atoms with Crippen LogP contribution in [0.15, 0.2) is 0 Å². The largest absolute Gasteiger partial charge is 0.462 e. The average molecular weight is 353 g/mol. The number of hydrogen-bond donors (Lipinski definition) is 0. The molecule has 0 N–H and O–H groups in total. The van der Waals surface area contributed by atoms with Crippen LogP contribution in [0.5, 0.6) is 0 Å². The normalized spacial score (nSPS) is 10.4. The van der Waals surface area contributed by atoms with Crippen molar-refractivity contribution in [2.45, 2.75) is 54.0 Å². The standard InChI is InChI=1S/C18H27NO6/c1-6-10-11-19-12(5)13(16(20)23-7-2)14(17(21)24-8-3)15(19)18(22)25-9-4/h6-11H2,1-5H3. The molecule has 0 unspecified atom stereocenters. The molecule has 0 bridgehead atoms. The number of hydrogen-bond acceptors (Lipinski definition) is 6. The SMILES string of the molecule is CCCCn1c(C)c(C(=O)OCC)c(C(=O)OCC)c1C(=O)OCC. The summed E-state index contributed by atoms with van der Waals surface area (Å²) in [6, 6.07) is 0. The van der Waals surface area contributed by atoms with E-state index in [-0.39, 0.29) is 36.6 Å². The van der Waals surface area contributed by atoms with Gasteiger partial charge in [-0.15, -0.1) is 0 Å². The minimum Gasteiger partial charge on any atom is -0.462 e. The van der Waals surface area contributed by atoms with Gasteiger partial charge in [0.25, 0.3) is 0 Å². The van der Waals surface area contributed by atoms with E-state index in [2.05, 4.69) is 0 Å². The Labute approximate surface area is 148 Å². The van der Waals surface area contributed by atoms with Gasteiger partial charge in [-0.05, 0) is 34.1 Å². The Hall–Kier alpha value is -2.31. The van der Waals surface area contributed by atoms with Gasteiger partial charge in [0, 0.05) is 12.2 Å². The first-order valence-electron chi connectivity index (χ1n) is 8.68. The van der Waals surface area contributed by atoms with Crippen LogP contribution in [-0.2, 0) is 20.8 Å². The summed E-state index contributed by atoms with van der Waals surface area (Å²) in [5.74, 6) is -2.03. The zero-order valence-electron chi connectivity index (χ0n) is 15.6. The Bertz CT molecular complexity index is 632. The third-order valence-corrected chi connectivity index (χ3v) is 3.69. The highest BCUT2D eigenvalue weighted by Crippen LogP contribution is 2.26. The van der Waals surface area contributed by atoms with Crippen molar-refractivity contribution in [3.63, 3.8) is 0 Å². The van der Waals surface area contributed by atoms with Gasteiger partial charge in [-0.3, -0.25) is 0 Å². The van der Waals surface area contributed by atoms with Crippen molar-refractivity contribution in [2.75, 3.05) is 19.8 Å². The van der Waals surface area contributed by atoms with Crippen LogP contribution in [0.25, 0.3) is 0 Å². The van der Waals surface area contributed by atoms with E-state index in [4.69, 9.17) is 14.2 Å². The van der Waals surface area contributed by atoms with Gasteiger partial charge in [0.05, 0.1) is 25.4 Å². The fourth-order valence-corrected chi connectivity index (χ4v) is 2.60. The Morgan fingerprint density at radius 3 is 1.76 bits per heavy atom. The van der Waals surface area contributed by atoms with Crippen molar-refractivity contribution in [1.29, 1.82) is 0 Å². The van der Waals surface area contributed by atoms with E-state index in [1.807, 2.05) is 6.92 Å². The van der Waals surface area contributed by atoms with Crippen molar-refractivity contribution in [2.24, 2.45) is 0 Å². The van der Waals surface area contributed by atoms with Crippen LogP contribution in [0.4, 0.5) is 0 Å². The highest BCUT2D eigenvalue weighted by Gasteiger charge is 2.34. The second-order valence-electron chi connectivity index (χ2n) is 5.35. The first-order chi connectivity index (χ1) is 11.9. The topological polar surface area (TPSA) is 83.8 Å². The molecule has 25 heavy (non-hydrogen) atoms. The summed E-state index contributed by atoms with van der Waals surface area (Å²) in [6.45, 7) is 9.66. The van der Waals surface area contributed by atoms with Crippen molar-refractivity contribution in [3.8, 4) is 0 Å². The van der Waals surface area contributed by atoms with Crippen LogP contribution in [0.3, 0.4) is 0 Å². The molecule has 1 rings (SSSR count). The highest BCUT2D eigenvalue weighted by atomic mass is 16.5. The van der Waals surface area contributed by atoms with Crippen LogP contribution < -0.4 is 0 Å². The second-order valence-corrected chi connectivity index (χ2v) is 5.35. The van der Waals surface area contributed by atoms with E-state index in [1.54, 1.807) is 32.3 Å². The Balaban J connectivity index is 3.65. The molecular weight excluding hydrogens is 326 g/mol. The lowest BCUT2D eigenvalue weighted by molar-refractivity contribution is 0.0457. The summed E-state index contributed by atoms with van der Waals surface area (Å²) in [5.41, 5.74) is 0.541. The lowest BCUT2D eigenvalue weighted by Crippen LogP contribution is -2.19. The predicted molar refractivity (Wildman–Crippen MR) is 91.9 cm³/mol. The van der Waals surface area contributed by atoms with E-state index in [0.29, 0.717) is 12.2 Å². The average Bonchev–Trinajstić information content (AvgIpc) is 2.86. The molecule has 140 valence electrons. The number of carbonyl (C=O) groups is 3. The first-order valence-corrected chi connectivity index (χ1v) is 8.68. The maximum absolute atomic E-state index is 12.5. The van der Waals surface area contributed by atoms with E-state index in [1.165, 1.54) is 0 Å². The maximum atomic E-state index is 12.5. The van der Waals surface area contributed by atoms with Crippen LogP contribution in [0.2, 0.25) is 0 Å². The van der Waals surface area contributed by atoms with Crippen LogP contribution in [0, 0.1) is 6.92 Å². The van der Waals surface area contributed by atoms with Gasteiger partial charge < -0.3 is 18.8 Å². The minimum atomic E-state index is -0.730. The van der Waals surface area contributed by atoms with E-state index < -0.39 is 17.9 Å². The Kier molecular flexibility index (Phi) is 8.18. The lowest BCUT2D eigenvalue weighted by atomic mass is 10.1. The molecule has 7 heteroatoms. The smallest absolute Gasteiger partial charge is 0.355 e. The molecule has 1 aromatic rings. The molecule has 0 spiro atoms. The Morgan fingerprint density at radius 1 is 0.800 bits per heavy atom. The molecule has 0 amide bonds. The maximum Gasteiger partial charge on any atom is 0.355 e. The van der Waals surface area contributed by atoms with Crippen molar-refractivity contribution in [3.05, 3.63) is 22.5 Å². The Morgan fingerprint density at radius 2 is 1.28 bits per heavy atom. The van der Waals surface area contributed by atoms with Crippen LogP contribution in [-0.4, -0.2) is 42.3 Å². The lowest BCUT2D eigenvalue weighted by Gasteiger charge is -2.11. The quantitative estimate of drug-likeness (QED) is 0.501. The van der Waals surface area contributed by atoms with Crippen LogP contribution in [0.1, 0.15) is 77.4 Å². The van der Waals surface area contributed by atoms with Gasteiger partial charge >= 0.3 is 17.9 Å². The monoisotopic (exact) mass is 353 g/mol. The zero-order chi connectivity index (χ0) is 19.0. The molecule has 0 aromatic carbocycles. The molecule has 0 radical (unpaired) electrons. The number of esters is 3. The fraction of sp³-hybridized carbons (Fsp3) is 0.611. The fourth-order valence-electron chi connectivity index (χ4n) is 2.60. The third kappa shape index (κ3) is 4.61. The van der Waals surface area contributed by atoms with Gasteiger partial charge in [0.1, 0.15) is 11.3 Å². The molecular formula is C18H27NO6. The molecule has 0 aliphatic carbocycles. The van der Waals surface area contributed by atoms with Gasteiger partial charge in [0.2, 0.25) is 0 Å². The zero-order valence-corrected chi connectivity index (χ0v) is 15.6. The number of nitrogens with zero attached hydrogens (tertiary/aromatic N) is 1. The number of unbranched alkanes of at least 4 members (excludes halogenated alkanes) is 1. The summed E-state index contributed by atoms with van der Waals surface area (Å²) in [6.07, 6.45) is 1.68. The van der Waals surface area contributed by atoms with Gasteiger partial charge in [0.15, 0.2) is 0 Å². The van der Waals surface area contributed by atoms with Gasteiger partial charge in [-0.1, -0.05) is 13.3 Å². The summed E-state index contributed by atoms with van der Waals surface area (Å²) >= 11 is 0. The van der Waals surface area contributed by atoms with Gasteiger partial charge in [-0.25, -0.2) is 14.4 Å². The summed E-state index contributed by atoms with van der Waals surface area (Å²) in [4.78, 5) is 37.4. The molecule has 7 nitrogen and oxygen atoms in total. The molecule has 0 saturated heterocycles. The molecule has 0 aliphatic rings. The van der Waals surface area contributed by atoms with Crippen molar-refractivity contribution >= 4 is 17.9 Å². The number of aromatic nitrogens is 1. The molecule has 0 aliphatic heterocycles. The summed E-state index contributed by atoms with van der Waals surface area (Å²) < 4.78 is 16.9. The molecule has 0 saturated carbocycles. The first kappa shape index (κ1) is 20.7. The number of rotatable bonds is 9. The molecule has 1 heterocycles. The van der Waals surface area contributed by atoms with Crippen molar-refractivity contribution in [1.82, 2.24) is 4.57 Å². The third-order valence-electron chi connectivity index (χ3n) is 3.69. The minimum absolute atomic E-state index is 0.0503. The predicted octanol–water partition coefficient (Wildman–Crippen LogP) is 3.13. The molecule has 0 fully saturated rings. The number of ether oxygens (including phenoxy) is 3. The number of carbonyl (C=O) groups excluding carboxylic acids is 3. The van der Waals surface area contributed by atoms with Crippen molar-refractivity contribution < 1.29 is 28.6 Å².